The SMILES string of the molecule is Cc1csc(C(=O)O)c1S(=O)(=O)NC(C)c1nn[nH]n1. The molecule has 0 spiro atoms. The van der Waals surface area contributed by atoms with E-state index in [2.05, 4.69) is 25.3 Å². The molecule has 11 heteroatoms. The number of carboxylic acid groups (broad SMARTS) is 1. The Labute approximate surface area is 118 Å². The highest BCUT2D eigenvalue weighted by atomic mass is 32.2. The minimum atomic E-state index is -3.99. The zero-order valence-electron chi connectivity index (χ0n) is 10.5. The van der Waals surface area contributed by atoms with Gasteiger partial charge in [0.1, 0.15) is 9.77 Å². The molecule has 2 aromatic rings. The molecule has 0 aliphatic rings. The highest BCUT2D eigenvalue weighted by Gasteiger charge is 2.29. The smallest absolute Gasteiger partial charge is 0.347 e. The van der Waals surface area contributed by atoms with Crippen LogP contribution < -0.4 is 4.72 Å². The molecule has 2 rings (SSSR count). The quantitative estimate of drug-likeness (QED) is 0.721. The molecule has 3 N–H and O–H groups in total. The van der Waals surface area contributed by atoms with Gasteiger partial charge in [-0.3, -0.25) is 0 Å². The lowest BCUT2D eigenvalue weighted by Crippen LogP contribution is -2.29. The van der Waals surface area contributed by atoms with Crippen LogP contribution in [0.1, 0.15) is 34.0 Å². The fourth-order valence-electron chi connectivity index (χ4n) is 1.61. The van der Waals surface area contributed by atoms with Gasteiger partial charge < -0.3 is 5.11 Å². The number of aryl methyl sites for hydroxylation is 1. The van der Waals surface area contributed by atoms with E-state index in [4.69, 9.17) is 5.11 Å². The summed E-state index contributed by atoms with van der Waals surface area (Å²) in [6.07, 6.45) is 0. The van der Waals surface area contributed by atoms with Crippen LogP contribution in [-0.2, 0) is 10.0 Å². The Balaban J connectivity index is 2.36. The van der Waals surface area contributed by atoms with E-state index in [9.17, 15) is 13.2 Å². The fourth-order valence-corrected chi connectivity index (χ4v) is 4.44. The van der Waals surface area contributed by atoms with Gasteiger partial charge in [0.25, 0.3) is 0 Å². The van der Waals surface area contributed by atoms with Crippen molar-refractivity contribution >= 4 is 27.3 Å². The van der Waals surface area contributed by atoms with Crippen LogP contribution in [0, 0.1) is 6.92 Å². The average Bonchev–Trinajstić information content (AvgIpc) is 2.96. The lowest BCUT2D eigenvalue weighted by Gasteiger charge is -2.11. The number of hydrogen-bond donors (Lipinski definition) is 3. The summed E-state index contributed by atoms with van der Waals surface area (Å²) in [5, 5.41) is 23.4. The minimum Gasteiger partial charge on any atom is -0.477 e. The molecule has 0 aliphatic carbocycles. The summed E-state index contributed by atoms with van der Waals surface area (Å²) in [5.41, 5.74) is 0.375. The molecule has 0 aromatic carbocycles. The second-order valence-electron chi connectivity index (χ2n) is 4.00. The van der Waals surface area contributed by atoms with Crippen molar-refractivity contribution in [1.29, 1.82) is 0 Å². The van der Waals surface area contributed by atoms with E-state index in [1.54, 1.807) is 0 Å². The van der Waals surface area contributed by atoms with Gasteiger partial charge in [-0.2, -0.15) is 5.21 Å². The van der Waals surface area contributed by atoms with E-state index < -0.39 is 22.0 Å². The number of hydrogen-bond acceptors (Lipinski definition) is 7. The zero-order chi connectivity index (χ0) is 14.9. The number of aromatic amines is 1. The second-order valence-corrected chi connectivity index (χ2v) is 6.53. The molecule has 0 fully saturated rings. The topological polar surface area (TPSA) is 138 Å². The Kier molecular flexibility index (Phi) is 3.83. The summed E-state index contributed by atoms with van der Waals surface area (Å²) >= 11 is 0.867. The van der Waals surface area contributed by atoms with Gasteiger partial charge in [0, 0.05) is 0 Å². The van der Waals surface area contributed by atoms with Gasteiger partial charge in [0.05, 0.1) is 6.04 Å². The summed E-state index contributed by atoms with van der Waals surface area (Å²) in [5.74, 6) is -1.12. The molecule has 0 bridgehead atoms. The molecule has 108 valence electrons. The van der Waals surface area contributed by atoms with E-state index in [-0.39, 0.29) is 15.6 Å². The Morgan fingerprint density at radius 1 is 1.55 bits per heavy atom. The monoisotopic (exact) mass is 317 g/mol. The number of H-pyrrole nitrogens is 1. The first-order valence-corrected chi connectivity index (χ1v) is 7.76. The molecule has 2 aromatic heterocycles. The number of thiophene rings is 1. The van der Waals surface area contributed by atoms with Gasteiger partial charge in [-0.05, 0) is 24.8 Å². The molecule has 1 atom stereocenters. The molecule has 2 heterocycles. The maximum atomic E-state index is 12.3. The van der Waals surface area contributed by atoms with Crippen LogP contribution >= 0.6 is 11.3 Å². The summed E-state index contributed by atoms with van der Waals surface area (Å²) in [4.78, 5) is 10.6. The number of aromatic carboxylic acids is 1. The Bertz CT molecular complexity index is 722. The molecule has 0 saturated heterocycles. The molecule has 20 heavy (non-hydrogen) atoms. The maximum absolute atomic E-state index is 12.3. The van der Waals surface area contributed by atoms with E-state index in [1.165, 1.54) is 19.2 Å². The third-order valence-corrected chi connectivity index (χ3v) is 5.40. The number of sulfonamides is 1. The number of nitrogens with zero attached hydrogens (tertiary/aromatic N) is 3. The largest absolute Gasteiger partial charge is 0.477 e. The predicted molar refractivity (Wildman–Crippen MR) is 68.9 cm³/mol. The maximum Gasteiger partial charge on any atom is 0.347 e. The van der Waals surface area contributed by atoms with Gasteiger partial charge in [-0.25, -0.2) is 17.9 Å². The summed E-state index contributed by atoms with van der Waals surface area (Å²) in [6, 6.07) is -0.736. The van der Waals surface area contributed by atoms with Crippen molar-refractivity contribution in [3.8, 4) is 0 Å². The summed E-state index contributed by atoms with van der Waals surface area (Å²) in [7, 11) is -3.99. The first-order chi connectivity index (χ1) is 9.33. The summed E-state index contributed by atoms with van der Waals surface area (Å²) in [6.45, 7) is 3.07. The van der Waals surface area contributed by atoms with E-state index in [0.29, 0.717) is 5.56 Å². The molecule has 0 saturated carbocycles. The highest BCUT2D eigenvalue weighted by Crippen LogP contribution is 2.27. The van der Waals surface area contributed by atoms with Crippen molar-refractivity contribution in [2.24, 2.45) is 0 Å². The number of tetrazole rings is 1. The first kappa shape index (κ1) is 14.6. The highest BCUT2D eigenvalue weighted by molar-refractivity contribution is 7.89. The van der Waals surface area contributed by atoms with Crippen LogP contribution in [0.4, 0.5) is 0 Å². The van der Waals surface area contributed by atoms with Crippen molar-refractivity contribution in [3.63, 3.8) is 0 Å². The van der Waals surface area contributed by atoms with Crippen molar-refractivity contribution in [2.45, 2.75) is 24.8 Å². The number of rotatable bonds is 5. The molecule has 0 radical (unpaired) electrons. The lowest BCUT2D eigenvalue weighted by atomic mass is 10.3. The third kappa shape index (κ3) is 2.69. The Morgan fingerprint density at radius 3 is 2.80 bits per heavy atom. The Hall–Kier alpha value is -1.85. The first-order valence-electron chi connectivity index (χ1n) is 5.40. The van der Waals surface area contributed by atoms with Crippen LogP contribution in [0.2, 0.25) is 0 Å². The van der Waals surface area contributed by atoms with E-state index in [1.807, 2.05) is 0 Å². The second kappa shape index (κ2) is 5.26. The standard InChI is InChI=1S/C9H11N5O4S2/c1-4-3-19-6(9(15)16)7(4)20(17,18)12-5(2)8-10-13-14-11-8/h3,5,12H,1-2H3,(H,15,16)(H,10,11,13,14). The number of carbonyl (C=O) groups is 1. The molecular formula is C9H11N5O4S2. The van der Waals surface area contributed by atoms with Gasteiger partial charge in [0.2, 0.25) is 10.0 Å². The van der Waals surface area contributed by atoms with Crippen molar-refractivity contribution in [3.05, 3.63) is 21.6 Å². The lowest BCUT2D eigenvalue weighted by molar-refractivity contribution is 0.0698. The van der Waals surface area contributed by atoms with Gasteiger partial charge in [-0.1, -0.05) is 5.21 Å². The van der Waals surface area contributed by atoms with Crippen LogP contribution in [0.15, 0.2) is 10.3 Å². The van der Waals surface area contributed by atoms with Gasteiger partial charge in [-0.15, -0.1) is 21.5 Å². The van der Waals surface area contributed by atoms with E-state index in [0.717, 1.165) is 11.3 Å². The number of nitrogens with one attached hydrogen (secondary N) is 2. The minimum absolute atomic E-state index is 0.165. The van der Waals surface area contributed by atoms with Crippen molar-refractivity contribution < 1.29 is 18.3 Å². The normalized spacial score (nSPS) is 13.3. The van der Waals surface area contributed by atoms with Crippen LogP contribution in [0.5, 0.6) is 0 Å². The van der Waals surface area contributed by atoms with Gasteiger partial charge in [0.15, 0.2) is 5.82 Å². The van der Waals surface area contributed by atoms with E-state index >= 15 is 0 Å². The molecule has 0 amide bonds. The molecule has 9 nitrogen and oxygen atoms in total. The molecular weight excluding hydrogens is 306 g/mol. The average molecular weight is 317 g/mol. The van der Waals surface area contributed by atoms with Gasteiger partial charge >= 0.3 is 5.97 Å². The number of aromatic nitrogens is 4. The van der Waals surface area contributed by atoms with Crippen molar-refractivity contribution in [1.82, 2.24) is 25.3 Å². The van der Waals surface area contributed by atoms with Crippen molar-refractivity contribution in [2.75, 3.05) is 0 Å². The zero-order valence-corrected chi connectivity index (χ0v) is 12.1. The van der Waals surface area contributed by atoms with Crippen LogP contribution in [0.3, 0.4) is 0 Å². The van der Waals surface area contributed by atoms with Crippen LogP contribution in [-0.4, -0.2) is 40.1 Å². The third-order valence-electron chi connectivity index (χ3n) is 2.46. The fraction of sp³-hybridized carbons (Fsp3) is 0.333. The molecule has 1 unspecified atom stereocenters. The number of carboxylic acids is 1. The molecule has 0 aliphatic heterocycles. The summed E-state index contributed by atoms with van der Waals surface area (Å²) < 4.78 is 26.9. The Morgan fingerprint density at radius 2 is 2.25 bits per heavy atom. The predicted octanol–water partition coefficient (Wildman–Crippen LogP) is 0.307. The van der Waals surface area contributed by atoms with Crippen LogP contribution in [0.25, 0.3) is 0 Å².